The molecule has 2 amide bonds. The van der Waals surface area contributed by atoms with Crippen molar-refractivity contribution in [3.8, 4) is 6.07 Å². The van der Waals surface area contributed by atoms with Crippen molar-refractivity contribution in [1.82, 2.24) is 10.3 Å². The number of allylic oxidation sites excluding steroid dienone is 1. The molecule has 0 bridgehead atoms. The minimum Gasteiger partial charge on any atom is -0.458 e. The largest absolute Gasteiger partial charge is 0.458 e. The lowest BCUT2D eigenvalue weighted by Crippen LogP contribution is -2.34. The number of aromatic nitrogens is 1. The van der Waals surface area contributed by atoms with Crippen LogP contribution in [0.4, 0.5) is 4.79 Å². The SMILES string of the molecule is C=CCOC(=O)C1=C(C)N=C(SCC(=O)NC(=O)OCC)C(C#N)C1c1cccnc1. The van der Waals surface area contributed by atoms with Crippen LogP contribution in [0.3, 0.4) is 0 Å². The molecular weight excluding hydrogens is 420 g/mol. The van der Waals surface area contributed by atoms with Crippen molar-refractivity contribution in [2.45, 2.75) is 19.8 Å². The molecule has 162 valence electrons. The molecule has 0 spiro atoms. The normalized spacial score (nSPS) is 17.8. The number of imide groups is 1. The Labute approximate surface area is 184 Å². The molecule has 0 fully saturated rings. The van der Waals surface area contributed by atoms with Gasteiger partial charge in [0.05, 0.1) is 29.0 Å². The number of carbonyl (C=O) groups excluding carboxylic acids is 3. The maximum absolute atomic E-state index is 12.7. The van der Waals surface area contributed by atoms with Crippen molar-refractivity contribution in [2.75, 3.05) is 19.0 Å². The number of hydrogen-bond donors (Lipinski definition) is 1. The Morgan fingerprint density at radius 3 is 2.77 bits per heavy atom. The van der Waals surface area contributed by atoms with E-state index < -0.39 is 29.8 Å². The van der Waals surface area contributed by atoms with Crippen LogP contribution in [0.5, 0.6) is 0 Å². The second-order valence-corrected chi connectivity index (χ2v) is 7.26. The topological polar surface area (TPSA) is 131 Å². The monoisotopic (exact) mass is 442 g/mol. The van der Waals surface area contributed by atoms with E-state index in [0.29, 0.717) is 16.3 Å². The first-order chi connectivity index (χ1) is 14.9. The number of amides is 2. The zero-order valence-corrected chi connectivity index (χ0v) is 18.0. The van der Waals surface area contributed by atoms with E-state index in [2.05, 4.69) is 32.7 Å². The van der Waals surface area contributed by atoms with E-state index in [4.69, 9.17) is 4.74 Å². The molecule has 2 rings (SSSR count). The van der Waals surface area contributed by atoms with Gasteiger partial charge in [-0.15, -0.1) is 0 Å². The van der Waals surface area contributed by atoms with Crippen LogP contribution in [-0.2, 0) is 19.1 Å². The maximum Gasteiger partial charge on any atom is 0.413 e. The molecule has 0 saturated heterocycles. The summed E-state index contributed by atoms with van der Waals surface area (Å²) in [4.78, 5) is 44.6. The van der Waals surface area contributed by atoms with Gasteiger partial charge in [0, 0.05) is 24.0 Å². The van der Waals surface area contributed by atoms with Gasteiger partial charge in [0.25, 0.3) is 0 Å². The highest BCUT2D eigenvalue weighted by Gasteiger charge is 2.39. The molecule has 2 atom stereocenters. The lowest BCUT2D eigenvalue weighted by Gasteiger charge is -2.29. The van der Waals surface area contributed by atoms with Crippen LogP contribution in [0.1, 0.15) is 25.3 Å². The van der Waals surface area contributed by atoms with E-state index in [1.54, 1.807) is 38.4 Å². The van der Waals surface area contributed by atoms with Crippen molar-refractivity contribution in [2.24, 2.45) is 10.9 Å². The van der Waals surface area contributed by atoms with Gasteiger partial charge in [0.2, 0.25) is 5.91 Å². The minimum atomic E-state index is -0.848. The highest BCUT2D eigenvalue weighted by Crippen LogP contribution is 2.41. The fourth-order valence-corrected chi connectivity index (χ4v) is 3.86. The fourth-order valence-electron chi connectivity index (χ4n) is 2.94. The third kappa shape index (κ3) is 6.26. The number of ether oxygens (including phenoxy) is 2. The number of carbonyl (C=O) groups is 3. The smallest absolute Gasteiger partial charge is 0.413 e. The quantitative estimate of drug-likeness (QED) is 0.504. The van der Waals surface area contributed by atoms with Gasteiger partial charge in [-0.25, -0.2) is 14.6 Å². The molecule has 1 aromatic rings. The summed E-state index contributed by atoms with van der Waals surface area (Å²) in [5.41, 5.74) is 1.27. The number of nitrogens with zero attached hydrogens (tertiary/aromatic N) is 3. The molecule has 1 N–H and O–H groups in total. The van der Waals surface area contributed by atoms with Gasteiger partial charge in [-0.05, 0) is 25.5 Å². The Morgan fingerprint density at radius 1 is 1.39 bits per heavy atom. The average Bonchev–Trinajstić information content (AvgIpc) is 2.76. The number of hydrogen-bond acceptors (Lipinski definition) is 9. The summed E-state index contributed by atoms with van der Waals surface area (Å²) in [6.45, 7) is 6.95. The van der Waals surface area contributed by atoms with Crippen LogP contribution in [0.15, 0.2) is 53.4 Å². The summed E-state index contributed by atoms with van der Waals surface area (Å²) in [6.07, 6.45) is 3.77. The molecule has 9 nitrogen and oxygen atoms in total. The first kappa shape index (κ1) is 23.8. The molecule has 1 aromatic heterocycles. The number of alkyl carbamates (subject to hydrolysis) is 1. The average molecular weight is 442 g/mol. The van der Waals surface area contributed by atoms with Crippen molar-refractivity contribution in [3.63, 3.8) is 0 Å². The number of rotatable bonds is 7. The van der Waals surface area contributed by atoms with Gasteiger partial charge in [0.15, 0.2) is 0 Å². The number of pyridine rings is 1. The van der Waals surface area contributed by atoms with Crippen molar-refractivity contribution < 1.29 is 23.9 Å². The highest BCUT2D eigenvalue weighted by molar-refractivity contribution is 8.14. The zero-order valence-electron chi connectivity index (χ0n) is 17.2. The highest BCUT2D eigenvalue weighted by atomic mass is 32.2. The molecule has 0 aliphatic carbocycles. The molecule has 0 radical (unpaired) electrons. The molecule has 10 heteroatoms. The summed E-state index contributed by atoms with van der Waals surface area (Å²) in [5, 5.41) is 12.4. The Hall–Kier alpha value is -3.45. The van der Waals surface area contributed by atoms with Gasteiger partial charge in [0.1, 0.15) is 12.5 Å². The number of thioether (sulfide) groups is 1. The molecule has 1 aliphatic rings. The standard InChI is InChI=1S/C21H22N4O5S/c1-4-9-30-20(27)17-13(3)24-19(31-12-16(26)25-21(28)29-5-2)15(10-22)18(17)14-7-6-8-23-11-14/h4,6-8,11,15,18H,1,5,9,12H2,2-3H3,(H,25,26,28). The van der Waals surface area contributed by atoms with E-state index in [9.17, 15) is 19.6 Å². The number of nitriles is 1. The van der Waals surface area contributed by atoms with Gasteiger partial charge in [-0.3, -0.25) is 15.1 Å². The van der Waals surface area contributed by atoms with E-state index in [0.717, 1.165) is 11.8 Å². The van der Waals surface area contributed by atoms with Gasteiger partial charge in [-0.2, -0.15) is 5.26 Å². The summed E-state index contributed by atoms with van der Waals surface area (Å²) in [6, 6.07) is 5.65. The maximum atomic E-state index is 12.7. The molecule has 0 saturated carbocycles. The summed E-state index contributed by atoms with van der Waals surface area (Å²) in [7, 11) is 0. The van der Waals surface area contributed by atoms with Gasteiger partial charge < -0.3 is 9.47 Å². The lowest BCUT2D eigenvalue weighted by molar-refractivity contribution is -0.138. The van der Waals surface area contributed by atoms with Crippen LogP contribution >= 0.6 is 11.8 Å². The number of aliphatic imine (C=N–C) groups is 1. The molecule has 1 aliphatic heterocycles. The summed E-state index contributed by atoms with van der Waals surface area (Å²) < 4.78 is 9.89. The third-order valence-corrected chi connectivity index (χ3v) is 5.23. The van der Waals surface area contributed by atoms with E-state index in [1.165, 1.54) is 6.08 Å². The Morgan fingerprint density at radius 2 is 2.16 bits per heavy atom. The van der Waals surface area contributed by atoms with Crippen LogP contribution in [0.25, 0.3) is 0 Å². The fraction of sp³-hybridized carbons (Fsp3) is 0.333. The zero-order chi connectivity index (χ0) is 22.8. The Balaban J connectivity index is 2.34. The van der Waals surface area contributed by atoms with Crippen molar-refractivity contribution in [1.29, 1.82) is 5.26 Å². The predicted octanol–water partition coefficient (Wildman–Crippen LogP) is 2.73. The number of esters is 1. The minimum absolute atomic E-state index is 0.0198. The summed E-state index contributed by atoms with van der Waals surface area (Å²) >= 11 is 1.02. The summed E-state index contributed by atoms with van der Waals surface area (Å²) in [5.74, 6) is -2.86. The third-order valence-electron chi connectivity index (χ3n) is 4.18. The van der Waals surface area contributed by atoms with Crippen LogP contribution < -0.4 is 5.32 Å². The molecule has 31 heavy (non-hydrogen) atoms. The van der Waals surface area contributed by atoms with Gasteiger partial charge in [-0.1, -0.05) is 30.5 Å². The van der Waals surface area contributed by atoms with E-state index in [-0.39, 0.29) is 24.5 Å². The van der Waals surface area contributed by atoms with Gasteiger partial charge >= 0.3 is 12.1 Å². The Bertz CT molecular complexity index is 952. The second kappa shape index (κ2) is 11.7. The van der Waals surface area contributed by atoms with E-state index >= 15 is 0 Å². The lowest BCUT2D eigenvalue weighted by atomic mass is 9.79. The molecular formula is C21H22N4O5S. The van der Waals surface area contributed by atoms with Crippen LogP contribution in [0, 0.1) is 17.2 Å². The van der Waals surface area contributed by atoms with Crippen LogP contribution in [0.2, 0.25) is 0 Å². The molecule has 0 aromatic carbocycles. The second-order valence-electron chi connectivity index (χ2n) is 6.26. The van der Waals surface area contributed by atoms with Crippen molar-refractivity contribution >= 4 is 34.8 Å². The predicted molar refractivity (Wildman–Crippen MR) is 115 cm³/mol. The first-order valence-electron chi connectivity index (χ1n) is 9.39. The van der Waals surface area contributed by atoms with E-state index in [1.807, 2.05) is 0 Å². The number of nitrogens with one attached hydrogen (secondary N) is 1. The Kier molecular flexibility index (Phi) is 8.96. The first-order valence-corrected chi connectivity index (χ1v) is 10.4. The van der Waals surface area contributed by atoms with Crippen molar-refractivity contribution in [3.05, 3.63) is 54.0 Å². The molecule has 2 unspecified atom stereocenters. The van der Waals surface area contributed by atoms with Crippen LogP contribution in [-0.4, -0.2) is 47.0 Å². The molecule has 2 heterocycles.